The number of halogens is 2. The lowest BCUT2D eigenvalue weighted by Gasteiger charge is -2.25. The lowest BCUT2D eigenvalue weighted by molar-refractivity contribution is -0.123. The number of hydrogen-bond acceptors (Lipinski definition) is 5. The van der Waals surface area contributed by atoms with Gasteiger partial charge < -0.3 is 9.47 Å². The summed E-state index contributed by atoms with van der Waals surface area (Å²) in [4.78, 5) is 13.8. The van der Waals surface area contributed by atoms with Crippen LogP contribution in [0.4, 0.5) is 0 Å². The third-order valence-corrected chi connectivity index (χ3v) is 4.49. The van der Waals surface area contributed by atoms with Crippen LogP contribution in [0.2, 0.25) is 0 Å². The average Bonchev–Trinajstić information content (AvgIpc) is 2.48. The van der Waals surface area contributed by atoms with Gasteiger partial charge in [-0.05, 0) is 56.2 Å². The maximum Gasteiger partial charge on any atom is 0.254 e. The number of benzene rings is 1. The summed E-state index contributed by atoms with van der Waals surface area (Å²) in [6, 6.07) is 3.82. The van der Waals surface area contributed by atoms with Gasteiger partial charge in [0.15, 0.2) is 0 Å². The molecule has 0 unspecified atom stereocenters. The summed E-state index contributed by atoms with van der Waals surface area (Å²) in [5, 5.41) is 4.00. The highest BCUT2D eigenvalue weighted by Gasteiger charge is 2.13. The third-order valence-electron chi connectivity index (χ3n) is 3.10. The minimum atomic E-state index is -0.125. The van der Waals surface area contributed by atoms with Gasteiger partial charge in [0.2, 0.25) is 0 Å². The van der Waals surface area contributed by atoms with Crippen molar-refractivity contribution in [2.45, 2.75) is 0 Å². The van der Waals surface area contributed by atoms with Crippen LogP contribution in [-0.4, -0.2) is 57.0 Å². The molecule has 1 aliphatic rings. The number of rotatable bonds is 5. The van der Waals surface area contributed by atoms with Gasteiger partial charge in [-0.15, -0.1) is 0 Å². The first kappa shape index (κ1) is 17.6. The molecule has 1 aromatic rings. The molecular weight excluding hydrogens is 465 g/mol. The van der Waals surface area contributed by atoms with Crippen LogP contribution < -0.4 is 10.2 Å². The molecule has 120 valence electrons. The topological polar surface area (TPSA) is 63.2 Å². The van der Waals surface area contributed by atoms with E-state index < -0.39 is 0 Å². The van der Waals surface area contributed by atoms with E-state index in [1.165, 1.54) is 0 Å². The van der Waals surface area contributed by atoms with E-state index in [0.29, 0.717) is 19.8 Å². The molecule has 0 aromatic heterocycles. The summed E-state index contributed by atoms with van der Waals surface area (Å²) in [5.74, 6) is 0.662. The van der Waals surface area contributed by atoms with Crippen molar-refractivity contribution < 1.29 is 14.3 Å². The van der Waals surface area contributed by atoms with Crippen molar-refractivity contribution in [1.82, 2.24) is 10.3 Å². The van der Waals surface area contributed by atoms with Crippen LogP contribution in [0.5, 0.6) is 5.75 Å². The molecule has 22 heavy (non-hydrogen) atoms. The second-order valence-electron chi connectivity index (χ2n) is 4.70. The van der Waals surface area contributed by atoms with Gasteiger partial charge in [-0.2, -0.15) is 5.10 Å². The number of hydrazone groups is 1. The van der Waals surface area contributed by atoms with Gasteiger partial charge in [0.1, 0.15) is 5.75 Å². The summed E-state index contributed by atoms with van der Waals surface area (Å²) in [5.41, 5.74) is 3.42. The monoisotopic (exact) mass is 481 g/mol. The minimum absolute atomic E-state index is 0.125. The second kappa shape index (κ2) is 8.80. The molecule has 0 bridgehead atoms. The SMILES string of the molecule is COc1c(Br)cc(/C=N/NC(=O)CN2CCOCC2)cc1I. The first-order valence-electron chi connectivity index (χ1n) is 6.75. The summed E-state index contributed by atoms with van der Waals surface area (Å²) in [6.45, 7) is 3.25. The minimum Gasteiger partial charge on any atom is -0.494 e. The molecule has 8 heteroatoms. The van der Waals surface area contributed by atoms with Gasteiger partial charge >= 0.3 is 0 Å². The molecule has 0 spiro atoms. The normalized spacial score (nSPS) is 16.0. The maximum atomic E-state index is 11.8. The van der Waals surface area contributed by atoms with Gasteiger partial charge in [-0.3, -0.25) is 9.69 Å². The van der Waals surface area contributed by atoms with E-state index in [1.807, 2.05) is 17.0 Å². The Bertz CT molecular complexity index is 539. The van der Waals surface area contributed by atoms with Crippen LogP contribution in [-0.2, 0) is 9.53 Å². The molecule has 1 aliphatic heterocycles. The van der Waals surface area contributed by atoms with Crippen molar-refractivity contribution in [3.63, 3.8) is 0 Å². The van der Waals surface area contributed by atoms with Crippen molar-refractivity contribution in [3.05, 3.63) is 25.7 Å². The third kappa shape index (κ3) is 5.18. The molecule has 0 aliphatic carbocycles. The molecule has 1 fully saturated rings. The molecule has 0 saturated carbocycles. The zero-order valence-electron chi connectivity index (χ0n) is 12.1. The molecule has 6 nitrogen and oxygen atoms in total. The highest BCUT2D eigenvalue weighted by molar-refractivity contribution is 14.1. The number of morpholine rings is 1. The number of nitrogens with zero attached hydrogens (tertiary/aromatic N) is 2. The smallest absolute Gasteiger partial charge is 0.254 e. The van der Waals surface area contributed by atoms with Gasteiger partial charge in [0, 0.05) is 13.1 Å². The number of amides is 1. The fourth-order valence-electron chi connectivity index (χ4n) is 2.03. The molecular formula is C14H17BrIN3O3. The molecule has 1 aromatic carbocycles. The van der Waals surface area contributed by atoms with Crippen molar-refractivity contribution in [2.75, 3.05) is 40.0 Å². The summed E-state index contributed by atoms with van der Waals surface area (Å²) < 4.78 is 12.3. The van der Waals surface area contributed by atoms with E-state index in [1.54, 1.807) is 13.3 Å². The Morgan fingerprint density at radius 2 is 2.27 bits per heavy atom. The first-order chi connectivity index (χ1) is 10.6. The van der Waals surface area contributed by atoms with E-state index >= 15 is 0 Å². The molecule has 0 radical (unpaired) electrons. The van der Waals surface area contributed by atoms with Crippen LogP contribution in [0, 0.1) is 3.57 Å². The predicted molar refractivity (Wildman–Crippen MR) is 96.4 cm³/mol. The maximum absolute atomic E-state index is 11.8. The van der Waals surface area contributed by atoms with E-state index in [9.17, 15) is 4.79 Å². The van der Waals surface area contributed by atoms with E-state index in [-0.39, 0.29) is 5.91 Å². The molecule has 1 heterocycles. The highest BCUT2D eigenvalue weighted by Crippen LogP contribution is 2.31. The van der Waals surface area contributed by atoms with Gasteiger partial charge in [0.25, 0.3) is 5.91 Å². The number of hydrogen-bond donors (Lipinski definition) is 1. The quantitative estimate of drug-likeness (QED) is 0.396. The Morgan fingerprint density at radius 3 is 2.91 bits per heavy atom. The molecule has 2 rings (SSSR count). The van der Waals surface area contributed by atoms with Crippen LogP contribution in [0.15, 0.2) is 21.7 Å². The van der Waals surface area contributed by atoms with E-state index in [2.05, 4.69) is 49.0 Å². The Morgan fingerprint density at radius 1 is 1.55 bits per heavy atom. The number of carbonyl (C=O) groups excluding carboxylic acids is 1. The Kier molecular flexibility index (Phi) is 7.06. The van der Waals surface area contributed by atoms with Crippen LogP contribution >= 0.6 is 38.5 Å². The molecule has 0 atom stereocenters. The van der Waals surface area contributed by atoms with Gasteiger partial charge in [-0.25, -0.2) is 5.43 Å². The number of nitrogens with one attached hydrogen (secondary N) is 1. The lowest BCUT2D eigenvalue weighted by Crippen LogP contribution is -2.42. The zero-order valence-corrected chi connectivity index (χ0v) is 15.9. The lowest BCUT2D eigenvalue weighted by atomic mass is 10.2. The second-order valence-corrected chi connectivity index (χ2v) is 6.72. The molecule has 1 amide bonds. The van der Waals surface area contributed by atoms with Crippen LogP contribution in [0.3, 0.4) is 0 Å². The fraction of sp³-hybridized carbons (Fsp3) is 0.429. The van der Waals surface area contributed by atoms with E-state index in [4.69, 9.17) is 9.47 Å². The van der Waals surface area contributed by atoms with Crippen molar-refractivity contribution in [3.8, 4) is 5.75 Å². The van der Waals surface area contributed by atoms with Gasteiger partial charge in [-0.1, -0.05) is 0 Å². The number of methoxy groups -OCH3 is 1. The summed E-state index contributed by atoms with van der Waals surface area (Å²) >= 11 is 5.64. The average molecular weight is 482 g/mol. The number of carbonyl (C=O) groups is 1. The highest BCUT2D eigenvalue weighted by atomic mass is 127. The Labute approximate surface area is 151 Å². The van der Waals surface area contributed by atoms with Crippen LogP contribution in [0.1, 0.15) is 5.56 Å². The van der Waals surface area contributed by atoms with Crippen molar-refractivity contribution in [1.29, 1.82) is 0 Å². The van der Waals surface area contributed by atoms with Crippen molar-refractivity contribution >= 4 is 50.6 Å². The zero-order chi connectivity index (χ0) is 15.9. The number of ether oxygens (including phenoxy) is 2. The standard InChI is InChI=1S/C14H17BrIN3O3/c1-21-14-11(15)6-10(7-12(14)16)8-17-18-13(20)9-19-2-4-22-5-3-19/h6-8H,2-5,9H2,1H3,(H,18,20)/b17-8+. The van der Waals surface area contributed by atoms with E-state index in [0.717, 1.165) is 32.4 Å². The van der Waals surface area contributed by atoms with Gasteiger partial charge in [0.05, 0.1) is 41.1 Å². The summed E-state index contributed by atoms with van der Waals surface area (Å²) in [6.07, 6.45) is 1.61. The van der Waals surface area contributed by atoms with Crippen LogP contribution in [0.25, 0.3) is 0 Å². The molecule has 1 N–H and O–H groups in total. The Balaban J connectivity index is 1.87. The molecule has 1 saturated heterocycles. The largest absolute Gasteiger partial charge is 0.494 e. The first-order valence-corrected chi connectivity index (χ1v) is 8.62. The Hall–Kier alpha value is -0.710. The fourth-order valence-corrected chi connectivity index (χ4v) is 3.91. The summed E-state index contributed by atoms with van der Waals surface area (Å²) in [7, 11) is 1.63. The van der Waals surface area contributed by atoms with Crippen molar-refractivity contribution in [2.24, 2.45) is 5.10 Å². The predicted octanol–water partition coefficient (Wildman–Crippen LogP) is 1.84.